The summed E-state index contributed by atoms with van der Waals surface area (Å²) in [5.74, 6) is -0.728. The van der Waals surface area contributed by atoms with Gasteiger partial charge >= 0.3 is 10.1 Å². The molecule has 0 saturated heterocycles. The maximum absolute atomic E-state index is 15.1. The number of ketones is 1. The third-order valence-electron chi connectivity index (χ3n) is 5.95. The molecular formula is C15H23FO4S. The number of alkyl halides is 1. The van der Waals surface area contributed by atoms with Crippen LogP contribution >= 0.6 is 0 Å². The van der Waals surface area contributed by atoms with E-state index in [9.17, 15) is 17.8 Å². The standard InChI is InChI=1S/C15H23FO4S/c1-9(2)15(16,21(18,19)20)13(17)14-6-10-3-11(7-14)5-12(4-10)8-14/h9-12H,3-8H2,1-2H3,(H,18,19,20). The van der Waals surface area contributed by atoms with Gasteiger partial charge in [0.05, 0.1) is 0 Å². The minimum absolute atomic E-state index is 0.415. The fraction of sp³-hybridized carbons (Fsp3) is 0.933. The molecule has 0 aromatic rings. The van der Waals surface area contributed by atoms with Crippen LogP contribution in [-0.2, 0) is 14.9 Å². The van der Waals surface area contributed by atoms with E-state index in [1.807, 2.05) is 0 Å². The maximum Gasteiger partial charge on any atom is 0.308 e. The first-order valence-electron chi connectivity index (χ1n) is 7.79. The Labute approximate surface area is 125 Å². The van der Waals surface area contributed by atoms with Gasteiger partial charge in [0.25, 0.3) is 5.00 Å². The zero-order chi connectivity index (χ0) is 15.6. The van der Waals surface area contributed by atoms with Crippen LogP contribution in [-0.4, -0.2) is 23.8 Å². The van der Waals surface area contributed by atoms with Crippen LogP contribution in [0.1, 0.15) is 52.4 Å². The molecule has 0 spiro atoms. The number of hydrogen-bond acceptors (Lipinski definition) is 3. The van der Waals surface area contributed by atoms with E-state index in [1.165, 1.54) is 13.8 Å². The predicted molar refractivity (Wildman–Crippen MR) is 75.8 cm³/mol. The monoisotopic (exact) mass is 318 g/mol. The average Bonchev–Trinajstić information content (AvgIpc) is 2.33. The summed E-state index contributed by atoms with van der Waals surface area (Å²) in [6.45, 7) is 2.68. The van der Waals surface area contributed by atoms with E-state index >= 15 is 4.39 Å². The van der Waals surface area contributed by atoms with Crippen molar-refractivity contribution in [3.8, 4) is 0 Å². The van der Waals surface area contributed by atoms with Crippen molar-refractivity contribution in [3.63, 3.8) is 0 Å². The Bertz CT molecular complexity index is 533. The van der Waals surface area contributed by atoms with Crippen LogP contribution in [0.3, 0.4) is 0 Å². The van der Waals surface area contributed by atoms with Crippen LogP contribution < -0.4 is 0 Å². The van der Waals surface area contributed by atoms with Crippen molar-refractivity contribution in [2.45, 2.75) is 57.4 Å². The first-order valence-corrected chi connectivity index (χ1v) is 9.23. The predicted octanol–water partition coefficient (Wildman–Crippen LogP) is 2.98. The van der Waals surface area contributed by atoms with Gasteiger partial charge in [0, 0.05) is 11.3 Å². The first-order chi connectivity index (χ1) is 9.58. The molecule has 4 saturated carbocycles. The van der Waals surface area contributed by atoms with Crippen molar-refractivity contribution < 1.29 is 22.2 Å². The summed E-state index contributed by atoms with van der Waals surface area (Å²) in [4.78, 5) is 12.9. The topological polar surface area (TPSA) is 71.4 Å². The van der Waals surface area contributed by atoms with Crippen LogP contribution in [0.25, 0.3) is 0 Å². The van der Waals surface area contributed by atoms with Crippen LogP contribution in [0.4, 0.5) is 4.39 Å². The molecule has 0 aromatic carbocycles. The summed E-state index contributed by atoms with van der Waals surface area (Å²) in [5.41, 5.74) is -0.871. The first kappa shape index (κ1) is 15.4. The summed E-state index contributed by atoms with van der Waals surface area (Å²) >= 11 is 0. The molecule has 4 nitrogen and oxygen atoms in total. The molecule has 0 amide bonds. The summed E-state index contributed by atoms with van der Waals surface area (Å²) < 4.78 is 47.7. The van der Waals surface area contributed by atoms with Crippen molar-refractivity contribution in [1.82, 2.24) is 0 Å². The molecule has 1 unspecified atom stereocenters. The van der Waals surface area contributed by atoms with Gasteiger partial charge in [0.15, 0.2) is 5.78 Å². The van der Waals surface area contributed by atoms with Gasteiger partial charge in [-0.2, -0.15) is 8.42 Å². The van der Waals surface area contributed by atoms with Crippen molar-refractivity contribution in [1.29, 1.82) is 0 Å². The number of Topliss-reactive ketones (excluding diaryl/α,β-unsaturated/α-hetero) is 1. The van der Waals surface area contributed by atoms with E-state index in [1.54, 1.807) is 0 Å². The van der Waals surface area contributed by atoms with Crippen LogP contribution in [0.5, 0.6) is 0 Å². The smallest absolute Gasteiger partial charge is 0.294 e. The van der Waals surface area contributed by atoms with Gasteiger partial charge in [-0.15, -0.1) is 0 Å². The second-order valence-corrected chi connectivity index (χ2v) is 9.35. The quantitative estimate of drug-likeness (QED) is 0.809. The number of rotatable bonds is 4. The SMILES string of the molecule is CC(C)C(F)(C(=O)C12CC3CC(CC(C3)C1)C2)S(=O)(=O)O. The highest BCUT2D eigenvalue weighted by Gasteiger charge is 2.64. The largest absolute Gasteiger partial charge is 0.308 e. The highest BCUT2D eigenvalue weighted by atomic mass is 32.2. The van der Waals surface area contributed by atoms with Gasteiger partial charge in [-0.3, -0.25) is 9.35 Å². The van der Waals surface area contributed by atoms with Crippen molar-refractivity contribution in [2.75, 3.05) is 0 Å². The molecule has 0 radical (unpaired) electrons. The molecule has 0 heterocycles. The third kappa shape index (κ3) is 2.09. The molecule has 0 aromatic heterocycles. The Morgan fingerprint density at radius 3 is 1.81 bits per heavy atom. The summed E-state index contributed by atoms with van der Waals surface area (Å²) in [5, 5.41) is -3.17. The molecule has 4 aliphatic rings. The van der Waals surface area contributed by atoms with E-state index < -0.39 is 32.2 Å². The minimum atomic E-state index is -5.07. The highest BCUT2D eigenvalue weighted by molar-refractivity contribution is 7.88. The molecule has 6 heteroatoms. The fourth-order valence-corrected chi connectivity index (χ4v) is 6.47. The van der Waals surface area contributed by atoms with E-state index in [0.717, 1.165) is 19.3 Å². The molecule has 4 bridgehead atoms. The third-order valence-corrected chi connectivity index (χ3v) is 7.36. The normalized spacial score (nSPS) is 41.3. The number of carbonyl (C=O) groups is 1. The fourth-order valence-electron chi connectivity index (χ4n) is 5.43. The van der Waals surface area contributed by atoms with E-state index in [4.69, 9.17) is 0 Å². The lowest BCUT2D eigenvalue weighted by molar-refractivity contribution is -0.153. The second-order valence-electron chi connectivity index (χ2n) is 7.80. The Morgan fingerprint density at radius 1 is 1.14 bits per heavy atom. The molecule has 4 aliphatic carbocycles. The number of halogens is 1. The van der Waals surface area contributed by atoms with Gasteiger partial charge < -0.3 is 0 Å². The second kappa shape index (κ2) is 4.51. The molecule has 4 rings (SSSR count). The lowest BCUT2D eigenvalue weighted by Crippen LogP contribution is -2.59. The molecule has 4 fully saturated rings. The lowest BCUT2D eigenvalue weighted by Gasteiger charge is -2.56. The molecule has 21 heavy (non-hydrogen) atoms. The van der Waals surface area contributed by atoms with Crippen molar-refractivity contribution >= 4 is 15.9 Å². The number of hydrogen-bond donors (Lipinski definition) is 1. The molecule has 0 aliphatic heterocycles. The molecule has 120 valence electrons. The summed E-state index contributed by atoms with van der Waals surface area (Å²) in [6, 6.07) is 0. The van der Waals surface area contributed by atoms with Gasteiger partial charge in [-0.25, -0.2) is 4.39 Å². The van der Waals surface area contributed by atoms with E-state index in [2.05, 4.69) is 0 Å². The van der Waals surface area contributed by atoms with Gasteiger partial charge in [-0.1, -0.05) is 13.8 Å². The zero-order valence-corrected chi connectivity index (χ0v) is 13.3. The molecule has 1 atom stereocenters. The van der Waals surface area contributed by atoms with Gasteiger partial charge in [0.2, 0.25) is 0 Å². The average molecular weight is 318 g/mol. The van der Waals surface area contributed by atoms with Crippen molar-refractivity contribution in [3.05, 3.63) is 0 Å². The van der Waals surface area contributed by atoms with Crippen LogP contribution in [0, 0.1) is 29.1 Å². The highest BCUT2D eigenvalue weighted by Crippen LogP contribution is 2.62. The summed E-state index contributed by atoms with van der Waals surface area (Å²) in [7, 11) is -5.07. The Kier molecular flexibility index (Phi) is 3.31. The Hall–Kier alpha value is -0.490. The molecular weight excluding hydrogens is 295 g/mol. The van der Waals surface area contributed by atoms with E-state index in [0.29, 0.717) is 37.0 Å². The Morgan fingerprint density at radius 2 is 1.52 bits per heavy atom. The lowest BCUT2D eigenvalue weighted by atomic mass is 9.48. The van der Waals surface area contributed by atoms with Gasteiger partial charge in [-0.05, 0) is 56.3 Å². The van der Waals surface area contributed by atoms with Crippen LogP contribution in [0.2, 0.25) is 0 Å². The zero-order valence-electron chi connectivity index (χ0n) is 12.5. The summed E-state index contributed by atoms with van der Waals surface area (Å²) in [6.07, 6.45) is 5.02. The van der Waals surface area contributed by atoms with Crippen molar-refractivity contribution in [2.24, 2.45) is 29.1 Å². The minimum Gasteiger partial charge on any atom is -0.294 e. The van der Waals surface area contributed by atoms with Crippen LogP contribution in [0.15, 0.2) is 0 Å². The molecule has 1 N–H and O–H groups in total. The maximum atomic E-state index is 15.1. The van der Waals surface area contributed by atoms with E-state index in [-0.39, 0.29) is 0 Å². The Balaban J connectivity index is 2.01. The number of carbonyl (C=O) groups excluding carboxylic acids is 1. The van der Waals surface area contributed by atoms with Gasteiger partial charge in [0.1, 0.15) is 0 Å².